The standard InChI is InChI=1S/C7H15O2/c1-5-8-6-9-7(2,3)4/h6H,5H2,1-4H3. The van der Waals surface area contributed by atoms with Crippen molar-refractivity contribution in [3.8, 4) is 0 Å². The molecule has 0 saturated heterocycles. The highest BCUT2D eigenvalue weighted by Crippen LogP contribution is 2.07. The fourth-order valence-corrected chi connectivity index (χ4v) is 0.246. The van der Waals surface area contributed by atoms with Crippen LogP contribution in [0.2, 0.25) is 0 Å². The average Bonchev–Trinajstić information content (AvgIpc) is 1.63. The second-order valence-corrected chi connectivity index (χ2v) is 2.78. The molecule has 0 aromatic rings. The number of ether oxygens (including phenoxy) is 2. The van der Waals surface area contributed by atoms with Gasteiger partial charge < -0.3 is 9.47 Å². The molecule has 0 heterocycles. The predicted octanol–water partition coefficient (Wildman–Crippen LogP) is 1.96. The molecule has 0 bridgehead atoms. The quantitative estimate of drug-likeness (QED) is 0.545. The number of hydrogen-bond acceptors (Lipinski definition) is 2. The van der Waals surface area contributed by atoms with Crippen molar-refractivity contribution in [1.82, 2.24) is 0 Å². The molecule has 0 unspecified atom stereocenters. The first-order valence-corrected chi connectivity index (χ1v) is 3.17. The van der Waals surface area contributed by atoms with E-state index in [4.69, 9.17) is 9.47 Å². The Hall–Kier alpha value is -0.0800. The van der Waals surface area contributed by atoms with E-state index in [1.807, 2.05) is 27.7 Å². The van der Waals surface area contributed by atoms with Gasteiger partial charge in [0, 0.05) is 6.61 Å². The molecule has 0 fully saturated rings. The highest BCUT2D eigenvalue weighted by Gasteiger charge is 2.09. The van der Waals surface area contributed by atoms with Gasteiger partial charge >= 0.3 is 0 Å². The lowest BCUT2D eigenvalue weighted by Gasteiger charge is -2.17. The van der Waals surface area contributed by atoms with Crippen molar-refractivity contribution < 1.29 is 9.47 Å². The molecule has 0 amide bonds. The SMILES string of the molecule is CCO[CH]OC(C)(C)C. The second-order valence-electron chi connectivity index (χ2n) is 2.78. The van der Waals surface area contributed by atoms with Crippen molar-refractivity contribution in [1.29, 1.82) is 0 Å². The summed E-state index contributed by atoms with van der Waals surface area (Å²) < 4.78 is 9.98. The fraction of sp³-hybridized carbons (Fsp3) is 0.857. The maximum absolute atomic E-state index is 5.12. The number of hydrogen-bond donors (Lipinski definition) is 0. The molecule has 0 aromatic heterocycles. The van der Waals surface area contributed by atoms with Gasteiger partial charge in [0.25, 0.3) is 0 Å². The minimum atomic E-state index is -0.130. The molecule has 0 rings (SSSR count). The van der Waals surface area contributed by atoms with Crippen LogP contribution in [0.5, 0.6) is 0 Å². The van der Waals surface area contributed by atoms with Crippen LogP contribution in [0.1, 0.15) is 27.7 Å². The molecular formula is C7H15O2. The van der Waals surface area contributed by atoms with Crippen molar-refractivity contribution in [2.24, 2.45) is 0 Å². The zero-order valence-electron chi connectivity index (χ0n) is 6.60. The zero-order chi connectivity index (χ0) is 7.33. The number of rotatable bonds is 3. The summed E-state index contributed by atoms with van der Waals surface area (Å²) in [6.45, 7) is 9.90. The van der Waals surface area contributed by atoms with Crippen LogP contribution in [0.4, 0.5) is 0 Å². The lowest BCUT2D eigenvalue weighted by molar-refractivity contribution is -0.0538. The van der Waals surface area contributed by atoms with Gasteiger partial charge in [-0.25, -0.2) is 0 Å². The molecule has 55 valence electrons. The van der Waals surface area contributed by atoms with Crippen molar-refractivity contribution in [3.63, 3.8) is 0 Å². The molecule has 0 N–H and O–H groups in total. The van der Waals surface area contributed by atoms with E-state index in [9.17, 15) is 0 Å². The monoisotopic (exact) mass is 131 g/mol. The van der Waals surface area contributed by atoms with Gasteiger partial charge in [0.1, 0.15) is 0 Å². The molecule has 0 aliphatic heterocycles. The van der Waals surface area contributed by atoms with E-state index in [1.165, 1.54) is 6.79 Å². The Bertz CT molecular complexity index is 63.8. The Morgan fingerprint density at radius 2 is 1.89 bits per heavy atom. The third-order valence-electron chi connectivity index (χ3n) is 0.636. The van der Waals surface area contributed by atoms with Gasteiger partial charge in [0.2, 0.25) is 6.79 Å². The summed E-state index contributed by atoms with van der Waals surface area (Å²) in [5.41, 5.74) is -0.130. The van der Waals surface area contributed by atoms with E-state index in [-0.39, 0.29) is 5.60 Å². The highest BCUT2D eigenvalue weighted by atomic mass is 16.7. The maximum atomic E-state index is 5.12. The van der Waals surface area contributed by atoms with Crippen LogP contribution >= 0.6 is 0 Å². The lowest BCUT2D eigenvalue weighted by atomic mass is 10.2. The predicted molar refractivity (Wildman–Crippen MR) is 36.8 cm³/mol. The topological polar surface area (TPSA) is 18.5 Å². The largest absolute Gasteiger partial charge is 0.348 e. The molecule has 9 heavy (non-hydrogen) atoms. The Balaban J connectivity index is 3.07. The van der Waals surface area contributed by atoms with Crippen LogP contribution in [-0.4, -0.2) is 12.2 Å². The summed E-state index contributed by atoms with van der Waals surface area (Å²) in [4.78, 5) is 0. The first-order chi connectivity index (χ1) is 4.06. The normalized spacial score (nSPS) is 12.0. The summed E-state index contributed by atoms with van der Waals surface area (Å²) in [7, 11) is 0. The van der Waals surface area contributed by atoms with E-state index in [1.54, 1.807) is 0 Å². The molecule has 0 atom stereocenters. The van der Waals surface area contributed by atoms with Gasteiger partial charge in [0.15, 0.2) is 0 Å². The molecule has 0 spiro atoms. The summed E-state index contributed by atoms with van der Waals surface area (Å²) in [6.07, 6.45) is 0. The van der Waals surface area contributed by atoms with Gasteiger partial charge in [-0.15, -0.1) is 0 Å². The molecular weight excluding hydrogens is 116 g/mol. The molecule has 0 aliphatic rings. The summed E-state index contributed by atoms with van der Waals surface area (Å²) in [5.74, 6) is 0. The Morgan fingerprint density at radius 3 is 2.22 bits per heavy atom. The minimum absolute atomic E-state index is 0.130. The third-order valence-corrected chi connectivity index (χ3v) is 0.636. The Morgan fingerprint density at radius 1 is 1.33 bits per heavy atom. The first-order valence-electron chi connectivity index (χ1n) is 3.17. The van der Waals surface area contributed by atoms with E-state index in [2.05, 4.69) is 0 Å². The van der Waals surface area contributed by atoms with E-state index >= 15 is 0 Å². The van der Waals surface area contributed by atoms with Crippen LogP contribution in [0, 0.1) is 6.79 Å². The fourth-order valence-electron chi connectivity index (χ4n) is 0.246. The van der Waals surface area contributed by atoms with Crippen molar-refractivity contribution in [2.45, 2.75) is 33.3 Å². The Labute approximate surface area is 57.2 Å². The van der Waals surface area contributed by atoms with Gasteiger partial charge in [0.05, 0.1) is 5.60 Å². The van der Waals surface area contributed by atoms with Crippen LogP contribution in [0.15, 0.2) is 0 Å². The van der Waals surface area contributed by atoms with Gasteiger partial charge in [-0.2, -0.15) is 0 Å². The highest BCUT2D eigenvalue weighted by molar-refractivity contribution is 4.58. The minimum Gasteiger partial charge on any atom is -0.348 e. The average molecular weight is 131 g/mol. The molecule has 2 nitrogen and oxygen atoms in total. The van der Waals surface area contributed by atoms with Crippen LogP contribution in [0.3, 0.4) is 0 Å². The molecule has 0 saturated carbocycles. The van der Waals surface area contributed by atoms with E-state index < -0.39 is 0 Å². The van der Waals surface area contributed by atoms with Crippen LogP contribution in [-0.2, 0) is 9.47 Å². The van der Waals surface area contributed by atoms with Crippen LogP contribution < -0.4 is 0 Å². The third kappa shape index (κ3) is 7.92. The van der Waals surface area contributed by atoms with Gasteiger partial charge in [-0.05, 0) is 27.7 Å². The van der Waals surface area contributed by atoms with Crippen molar-refractivity contribution in [2.75, 3.05) is 6.61 Å². The van der Waals surface area contributed by atoms with Gasteiger partial charge in [-0.3, -0.25) is 0 Å². The molecule has 0 aromatic carbocycles. The maximum Gasteiger partial charge on any atom is 0.209 e. The smallest absolute Gasteiger partial charge is 0.209 e. The van der Waals surface area contributed by atoms with Crippen molar-refractivity contribution in [3.05, 3.63) is 6.79 Å². The van der Waals surface area contributed by atoms with Crippen molar-refractivity contribution >= 4 is 0 Å². The molecule has 1 radical (unpaired) electrons. The molecule has 2 heteroatoms. The summed E-state index contributed by atoms with van der Waals surface area (Å²) >= 11 is 0. The second kappa shape index (κ2) is 3.85. The zero-order valence-corrected chi connectivity index (χ0v) is 6.60. The lowest BCUT2D eigenvalue weighted by Crippen LogP contribution is -2.18. The van der Waals surface area contributed by atoms with E-state index in [0.29, 0.717) is 6.61 Å². The molecule has 0 aliphatic carbocycles. The summed E-state index contributed by atoms with van der Waals surface area (Å²) in [5, 5.41) is 0. The van der Waals surface area contributed by atoms with Gasteiger partial charge in [-0.1, -0.05) is 0 Å². The van der Waals surface area contributed by atoms with Crippen LogP contribution in [0.25, 0.3) is 0 Å². The first kappa shape index (κ1) is 8.92. The Kier molecular flexibility index (Phi) is 3.82. The summed E-state index contributed by atoms with van der Waals surface area (Å²) in [6, 6.07) is 0. The van der Waals surface area contributed by atoms with E-state index in [0.717, 1.165) is 0 Å².